The molecule has 3 heteroatoms. The highest BCUT2D eigenvalue weighted by atomic mass is 79.9. The quantitative estimate of drug-likeness (QED) is 0.730. The fraction of sp³-hybridized carbons (Fsp3) is 0.636. The maximum Gasteiger partial charge on any atom is 0.0947 e. The predicted molar refractivity (Wildman–Crippen MR) is 62.6 cm³/mol. The molecule has 0 N–H and O–H groups in total. The van der Waals surface area contributed by atoms with Gasteiger partial charge in [-0.3, -0.25) is 0 Å². The first kappa shape index (κ1) is 11.8. The third-order valence-corrected chi connectivity index (χ3v) is 3.31. The summed E-state index contributed by atoms with van der Waals surface area (Å²) < 4.78 is 5.04. The largest absolute Gasteiger partial charge is 0.472 e. The minimum Gasteiger partial charge on any atom is -0.472 e. The SMILES string of the molecule is CCC(CBr)CN(C)Cc1ccoc1. The van der Waals surface area contributed by atoms with Gasteiger partial charge in [0.2, 0.25) is 0 Å². The number of hydrogen-bond acceptors (Lipinski definition) is 2. The first-order valence-corrected chi connectivity index (χ1v) is 6.14. The van der Waals surface area contributed by atoms with Crippen molar-refractivity contribution in [2.45, 2.75) is 19.9 Å². The maximum absolute atomic E-state index is 5.04. The van der Waals surface area contributed by atoms with E-state index in [1.54, 1.807) is 6.26 Å². The average Bonchev–Trinajstić information content (AvgIpc) is 2.66. The van der Waals surface area contributed by atoms with Crippen molar-refractivity contribution in [1.82, 2.24) is 4.90 Å². The van der Waals surface area contributed by atoms with Crippen LogP contribution in [0.25, 0.3) is 0 Å². The molecule has 0 aliphatic carbocycles. The lowest BCUT2D eigenvalue weighted by molar-refractivity contribution is 0.277. The number of halogens is 1. The zero-order chi connectivity index (χ0) is 10.4. The molecule has 0 spiro atoms. The molecule has 0 amide bonds. The second kappa shape index (κ2) is 6.25. The second-order valence-electron chi connectivity index (χ2n) is 3.76. The van der Waals surface area contributed by atoms with Gasteiger partial charge in [-0.25, -0.2) is 0 Å². The summed E-state index contributed by atoms with van der Waals surface area (Å²) in [4.78, 5) is 2.33. The van der Waals surface area contributed by atoms with Crippen LogP contribution in [0.15, 0.2) is 23.0 Å². The molecule has 0 aliphatic heterocycles. The molecule has 14 heavy (non-hydrogen) atoms. The summed E-state index contributed by atoms with van der Waals surface area (Å²) in [6, 6.07) is 2.02. The summed E-state index contributed by atoms with van der Waals surface area (Å²) >= 11 is 3.54. The Morgan fingerprint density at radius 2 is 2.36 bits per heavy atom. The maximum atomic E-state index is 5.04. The van der Waals surface area contributed by atoms with Gasteiger partial charge in [-0.1, -0.05) is 29.3 Å². The molecule has 1 heterocycles. The van der Waals surface area contributed by atoms with Crippen LogP contribution in [0.4, 0.5) is 0 Å². The van der Waals surface area contributed by atoms with Crippen LogP contribution >= 0.6 is 15.9 Å². The van der Waals surface area contributed by atoms with Gasteiger partial charge < -0.3 is 9.32 Å². The molecule has 0 radical (unpaired) electrons. The van der Waals surface area contributed by atoms with Gasteiger partial charge in [0.05, 0.1) is 12.5 Å². The van der Waals surface area contributed by atoms with E-state index in [1.807, 2.05) is 12.3 Å². The number of hydrogen-bond donors (Lipinski definition) is 0. The van der Waals surface area contributed by atoms with Crippen LogP contribution in [0.5, 0.6) is 0 Å². The smallest absolute Gasteiger partial charge is 0.0947 e. The lowest BCUT2D eigenvalue weighted by Gasteiger charge is -2.20. The van der Waals surface area contributed by atoms with Gasteiger partial charge in [-0.2, -0.15) is 0 Å². The van der Waals surface area contributed by atoms with Gasteiger partial charge in [0.25, 0.3) is 0 Å². The van der Waals surface area contributed by atoms with E-state index < -0.39 is 0 Å². The number of nitrogens with zero attached hydrogens (tertiary/aromatic N) is 1. The fourth-order valence-corrected chi connectivity index (χ4v) is 2.15. The van der Waals surface area contributed by atoms with Crippen LogP contribution in [-0.2, 0) is 6.54 Å². The van der Waals surface area contributed by atoms with Crippen molar-refractivity contribution < 1.29 is 4.42 Å². The Hall–Kier alpha value is -0.280. The third kappa shape index (κ3) is 3.84. The molecule has 1 rings (SSSR count). The van der Waals surface area contributed by atoms with Crippen LogP contribution in [0.2, 0.25) is 0 Å². The van der Waals surface area contributed by atoms with Crippen LogP contribution in [0, 0.1) is 5.92 Å². The van der Waals surface area contributed by atoms with Gasteiger partial charge in [0.15, 0.2) is 0 Å². The van der Waals surface area contributed by atoms with Gasteiger partial charge in [0, 0.05) is 24.0 Å². The number of furan rings is 1. The fourth-order valence-electron chi connectivity index (χ4n) is 1.49. The van der Waals surface area contributed by atoms with Crippen molar-refractivity contribution in [3.63, 3.8) is 0 Å². The standard InChI is InChI=1S/C11H18BrNO/c1-3-10(6-12)7-13(2)8-11-4-5-14-9-11/h4-5,9-10H,3,6-8H2,1-2H3. The van der Waals surface area contributed by atoms with Gasteiger partial charge in [0.1, 0.15) is 0 Å². The Morgan fingerprint density at radius 3 is 2.86 bits per heavy atom. The monoisotopic (exact) mass is 259 g/mol. The van der Waals surface area contributed by atoms with Crippen LogP contribution in [0.3, 0.4) is 0 Å². The lowest BCUT2D eigenvalue weighted by Crippen LogP contribution is -2.25. The van der Waals surface area contributed by atoms with E-state index in [9.17, 15) is 0 Å². The van der Waals surface area contributed by atoms with E-state index in [0.29, 0.717) is 0 Å². The number of alkyl halides is 1. The molecule has 0 fully saturated rings. The summed E-state index contributed by atoms with van der Waals surface area (Å²) in [5, 5.41) is 1.08. The van der Waals surface area contributed by atoms with Crippen LogP contribution < -0.4 is 0 Å². The minimum atomic E-state index is 0.743. The minimum absolute atomic E-state index is 0.743. The highest BCUT2D eigenvalue weighted by molar-refractivity contribution is 9.09. The van der Waals surface area contributed by atoms with Crippen molar-refractivity contribution in [2.24, 2.45) is 5.92 Å². The lowest BCUT2D eigenvalue weighted by atomic mass is 10.1. The molecule has 0 saturated heterocycles. The van der Waals surface area contributed by atoms with Crippen molar-refractivity contribution in [1.29, 1.82) is 0 Å². The first-order valence-electron chi connectivity index (χ1n) is 5.01. The second-order valence-corrected chi connectivity index (χ2v) is 4.40. The Labute approximate surface area is 94.4 Å². The van der Waals surface area contributed by atoms with E-state index in [2.05, 4.69) is 34.8 Å². The van der Waals surface area contributed by atoms with E-state index in [-0.39, 0.29) is 0 Å². The molecular weight excluding hydrogens is 242 g/mol. The zero-order valence-corrected chi connectivity index (χ0v) is 10.5. The van der Waals surface area contributed by atoms with Gasteiger partial charge >= 0.3 is 0 Å². The molecule has 1 atom stereocenters. The summed E-state index contributed by atoms with van der Waals surface area (Å²) in [6.07, 6.45) is 4.76. The Morgan fingerprint density at radius 1 is 1.57 bits per heavy atom. The summed E-state index contributed by atoms with van der Waals surface area (Å²) in [7, 11) is 2.15. The molecule has 0 aliphatic rings. The number of rotatable bonds is 6. The molecule has 1 aromatic rings. The normalized spacial score (nSPS) is 13.4. The molecule has 1 unspecified atom stereocenters. The predicted octanol–water partition coefficient (Wildman–Crippen LogP) is 3.13. The molecule has 0 bridgehead atoms. The highest BCUT2D eigenvalue weighted by Crippen LogP contribution is 2.10. The summed E-state index contributed by atoms with van der Waals surface area (Å²) in [5.74, 6) is 0.743. The summed E-state index contributed by atoms with van der Waals surface area (Å²) in [6.45, 7) is 4.34. The van der Waals surface area contributed by atoms with E-state index in [1.165, 1.54) is 12.0 Å². The zero-order valence-electron chi connectivity index (χ0n) is 8.87. The Balaban J connectivity index is 2.31. The average molecular weight is 260 g/mol. The molecular formula is C11H18BrNO. The summed E-state index contributed by atoms with van der Waals surface area (Å²) in [5.41, 5.74) is 1.25. The first-order chi connectivity index (χ1) is 6.76. The molecule has 1 aromatic heterocycles. The molecule has 2 nitrogen and oxygen atoms in total. The van der Waals surface area contributed by atoms with Crippen molar-refractivity contribution >= 4 is 15.9 Å². The molecule has 80 valence electrons. The topological polar surface area (TPSA) is 16.4 Å². The van der Waals surface area contributed by atoms with E-state index in [0.717, 1.165) is 24.3 Å². The highest BCUT2D eigenvalue weighted by Gasteiger charge is 2.08. The van der Waals surface area contributed by atoms with Crippen molar-refractivity contribution in [3.8, 4) is 0 Å². The Kier molecular flexibility index (Phi) is 5.26. The Bertz CT molecular complexity index is 231. The van der Waals surface area contributed by atoms with Crippen LogP contribution in [-0.4, -0.2) is 23.8 Å². The van der Waals surface area contributed by atoms with Gasteiger partial charge in [-0.05, 0) is 19.0 Å². The van der Waals surface area contributed by atoms with E-state index >= 15 is 0 Å². The van der Waals surface area contributed by atoms with Crippen LogP contribution in [0.1, 0.15) is 18.9 Å². The van der Waals surface area contributed by atoms with Crippen molar-refractivity contribution in [2.75, 3.05) is 18.9 Å². The molecule has 0 aromatic carbocycles. The molecule has 0 saturated carbocycles. The van der Waals surface area contributed by atoms with Gasteiger partial charge in [-0.15, -0.1) is 0 Å². The third-order valence-electron chi connectivity index (χ3n) is 2.40. The van der Waals surface area contributed by atoms with E-state index in [4.69, 9.17) is 4.42 Å². The van der Waals surface area contributed by atoms with Crippen molar-refractivity contribution in [3.05, 3.63) is 24.2 Å².